The van der Waals surface area contributed by atoms with Crippen LogP contribution in [0.15, 0.2) is 100 Å². The van der Waals surface area contributed by atoms with Crippen LogP contribution in [0.5, 0.6) is 0 Å². The summed E-state index contributed by atoms with van der Waals surface area (Å²) in [7, 11) is 0. The summed E-state index contributed by atoms with van der Waals surface area (Å²) >= 11 is 0. The zero-order valence-electron chi connectivity index (χ0n) is 20.4. The summed E-state index contributed by atoms with van der Waals surface area (Å²) in [6, 6.07) is 29.5. The third kappa shape index (κ3) is 4.83. The fourth-order valence-electron chi connectivity index (χ4n) is 5.31. The second-order valence-electron chi connectivity index (χ2n) is 9.66. The Morgan fingerprint density at radius 1 is 0.892 bits per heavy atom. The number of nitro groups is 1. The molecule has 2 heterocycles. The van der Waals surface area contributed by atoms with Gasteiger partial charge in [0.05, 0.1) is 10.6 Å². The van der Waals surface area contributed by atoms with Crippen molar-refractivity contribution >= 4 is 45.2 Å². The average molecular weight is 490 g/mol. The van der Waals surface area contributed by atoms with E-state index >= 15 is 0 Å². The first-order chi connectivity index (χ1) is 18.1. The molecule has 0 spiro atoms. The summed E-state index contributed by atoms with van der Waals surface area (Å²) in [6.45, 7) is 1.84. The molecular formula is C31H27N3O3. The summed E-state index contributed by atoms with van der Waals surface area (Å²) in [5, 5.41) is 13.6. The van der Waals surface area contributed by atoms with Crippen molar-refractivity contribution in [2.75, 3.05) is 18.0 Å². The Kier molecular flexibility index (Phi) is 6.15. The number of nitro benzene ring substituents is 1. The lowest BCUT2D eigenvalue weighted by Crippen LogP contribution is -2.34. The molecule has 0 radical (unpaired) electrons. The van der Waals surface area contributed by atoms with Crippen molar-refractivity contribution in [3.63, 3.8) is 0 Å². The molecule has 6 heteroatoms. The van der Waals surface area contributed by atoms with Crippen LogP contribution in [0.4, 0.5) is 17.1 Å². The number of anilines is 1. The van der Waals surface area contributed by atoms with Crippen molar-refractivity contribution in [2.24, 2.45) is 10.9 Å². The first-order valence-corrected chi connectivity index (χ1v) is 12.7. The molecule has 0 N–H and O–H groups in total. The predicted octanol–water partition coefficient (Wildman–Crippen LogP) is 7.70. The van der Waals surface area contributed by atoms with Crippen molar-refractivity contribution in [2.45, 2.75) is 19.3 Å². The molecule has 1 aliphatic rings. The molecule has 1 aromatic heterocycles. The number of rotatable bonds is 6. The van der Waals surface area contributed by atoms with E-state index in [-0.39, 0.29) is 10.6 Å². The maximum Gasteiger partial charge on any atom is 0.270 e. The molecular weight excluding hydrogens is 462 g/mol. The van der Waals surface area contributed by atoms with E-state index in [1.165, 1.54) is 5.56 Å². The lowest BCUT2D eigenvalue weighted by molar-refractivity contribution is -0.384. The first kappa shape index (κ1) is 23.0. The fourth-order valence-corrected chi connectivity index (χ4v) is 5.31. The van der Waals surface area contributed by atoms with Gasteiger partial charge in [-0.3, -0.25) is 15.1 Å². The van der Waals surface area contributed by atoms with Crippen LogP contribution in [0, 0.1) is 16.0 Å². The number of hydrogen-bond donors (Lipinski definition) is 0. The van der Waals surface area contributed by atoms with Gasteiger partial charge in [-0.25, -0.2) is 0 Å². The molecule has 1 fully saturated rings. The molecule has 0 bridgehead atoms. The third-order valence-electron chi connectivity index (χ3n) is 7.26. The summed E-state index contributed by atoms with van der Waals surface area (Å²) < 4.78 is 6.00. The molecule has 1 aliphatic heterocycles. The van der Waals surface area contributed by atoms with E-state index in [0.717, 1.165) is 71.2 Å². The molecule has 1 saturated heterocycles. The van der Waals surface area contributed by atoms with Crippen LogP contribution >= 0.6 is 0 Å². The molecule has 0 aliphatic carbocycles. The van der Waals surface area contributed by atoms with Gasteiger partial charge in [0, 0.05) is 59.5 Å². The highest BCUT2D eigenvalue weighted by atomic mass is 16.6. The lowest BCUT2D eigenvalue weighted by Gasteiger charge is -2.34. The third-order valence-corrected chi connectivity index (χ3v) is 7.26. The Bertz CT molecular complexity index is 1600. The van der Waals surface area contributed by atoms with Gasteiger partial charge in [-0.1, -0.05) is 48.5 Å². The van der Waals surface area contributed by atoms with Gasteiger partial charge >= 0.3 is 0 Å². The molecule has 37 heavy (non-hydrogen) atoms. The highest BCUT2D eigenvalue weighted by Crippen LogP contribution is 2.33. The molecule has 0 atom stereocenters. The van der Waals surface area contributed by atoms with Gasteiger partial charge in [0.1, 0.15) is 11.2 Å². The van der Waals surface area contributed by atoms with Crippen LogP contribution < -0.4 is 4.90 Å². The summed E-state index contributed by atoms with van der Waals surface area (Å²) in [4.78, 5) is 18.2. The number of benzene rings is 4. The maximum atomic E-state index is 11.5. The summed E-state index contributed by atoms with van der Waals surface area (Å²) in [5.41, 5.74) is 5.54. The standard InChI is InChI=1S/C31H27N3O3/c35-34(36)26-11-13-29(33-16-14-23(15-17-33)18-22-6-2-1-3-7-22)24(19-26)21-32-25-10-12-28-27-8-4-5-9-30(27)37-31(28)20-25/h1-13,19-21,23H,14-18H2. The van der Waals surface area contributed by atoms with Crippen LogP contribution in [-0.4, -0.2) is 24.2 Å². The SMILES string of the molecule is O=[N+]([O-])c1ccc(N2CCC(Cc3ccccc3)CC2)c(C=Nc2ccc3c(c2)oc2ccccc23)c1. The maximum absolute atomic E-state index is 11.5. The topological polar surface area (TPSA) is 71.9 Å². The van der Waals surface area contributed by atoms with E-state index in [1.807, 2.05) is 48.5 Å². The molecule has 0 amide bonds. The minimum Gasteiger partial charge on any atom is -0.456 e. The molecule has 5 aromatic rings. The molecule has 0 saturated carbocycles. The Morgan fingerprint density at radius 3 is 2.46 bits per heavy atom. The predicted molar refractivity (Wildman–Crippen MR) is 149 cm³/mol. The van der Waals surface area contributed by atoms with Crippen molar-refractivity contribution in [1.82, 2.24) is 0 Å². The van der Waals surface area contributed by atoms with Gasteiger partial charge in [0.2, 0.25) is 0 Å². The Morgan fingerprint density at radius 2 is 1.65 bits per heavy atom. The van der Waals surface area contributed by atoms with E-state index < -0.39 is 0 Å². The Labute approximate surface area is 215 Å². The number of furan rings is 1. The van der Waals surface area contributed by atoms with Crippen molar-refractivity contribution in [3.05, 3.63) is 112 Å². The number of fused-ring (bicyclic) bond motifs is 3. The molecule has 6 rings (SSSR count). The Hall–Kier alpha value is -4.45. The lowest BCUT2D eigenvalue weighted by atomic mass is 9.90. The zero-order chi connectivity index (χ0) is 25.2. The second-order valence-corrected chi connectivity index (χ2v) is 9.66. The molecule has 4 aromatic carbocycles. The first-order valence-electron chi connectivity index (χ1n) is 12.7. The van der Waals surface area contributed by atoms with Crippen LogP contribution in [0.2, 0.25) is 0 Å². The number of hydrogen-bond acceptors (Lipinski definition) is 5. The largest absolute Gasteiger partial charge is 0.456 e. The normalized spacial score (nSPS) is 14.6. The van der Waals surface area contributed by atoms with E-state index in [9.17, 15) is 10.1 Å². The second kappa shape index (κ2) is 9.90. The van der Waals surface area contributed by atoms with Gasteiger partial charge in [-0.2, -0.15) is 0 Å². The minimum atomic E-state index is -0.353. The minimum absolute atomic E-state index is 0.0666. The quantitative estimate of drug-likeness (QED) is 0.139. The van der Waals surface area contributed by atoms with Crippen LogP contribution in [0.3, 0.4) is 0 Å². The highest BCUT2D eigenvalue weighted by molar-refractivity contribution is 6.05. The Balaban J connectivity index is 1.24. The van der Waals surface area contributed by atoms with Gasteiger partial charge in [-0.05, 0) is 55.0 Å². The molecule has 184 valence electrons. The number of para-hydroxylation sites is 1. The molecule has 0 unspecified atom stereocenters. The van der Waals surface area contributed by atoms with Gasteiger partial charge in [-0.15, -0.1) is 0 Å². The van der Waals surface area contributed by atoms with Crippen molar-refractivity contribution in [1.29, 1.82) is 0 Å². The number of aliphatic imine (C=N–C) groups is 1. The van der Waals surface area contributed by atoms with Gasteiger partial charge in [0.25, 0.3) is 5.69 Å². The number of non-ortho nitro benzene ring substituents is 1. The summed E-state index contributed by atoms with van der Waals surface area (Å²) in [5.74, 6) is 0.643. The van der Waals surface area contributed by atoms with E-state index in [4.69, 9.17) is 4.42 Å². The summed E-state index contributed by atoms with van der Waals surface area (Å²) in [6.07, 6.45) is 5.01. The van der Waals surface area contributed by atoms with E-state index in [0.29, 0.717) is 5.92 Å². The van der Waals surface area contributed by atoms with Gasteiger partial charge < -0.3 is 9.32 Å². The van der Waals surface area contributed by atoms with Crippen LogP contribution in [-0.2, 0) is 6.42 Å². The zero-order valence-corrected chi connectivity index (χ0v) is 20.4. The van der Waals surface area contributed by atoms with Gasteiger partial charge in [0.15, 0.2) is 0 Å². The number of piperidine rings is 1. The average Bonchev–Trinajstić information content (AvgIpc) is 3.31. The van der Waals surface area contributed by atoms with E-state index in [1.54, 1.807) is 18.3 Å². The van der Waals surface area contributed by atoms with Crippen molar-refractivity contribution < 1.29 is 9.34 Å². The smallest absolute Gasteiger partial charge is 0.270 e. The number of nitrogens with zero attached hydrogens (tertiary/aromatic N) is 3. The van der Waals surface area contributed by atoms with Crippen LogP contribution in [0.25, 0.3) is 21.9 Å². The van der Waals surface area contributed by atoms with E-state index in [2.05, 4.69) is 40.2 Å². The monoisotopic (exact) mass is 489 g/mol. The van der Waals surface area contributed by atoms with Crippen LogP contribution in [0.1, 0.15) is 24.0 Å². The van der Waals surface area contributed by atoms with Crippen molar-refractivity contribution in [3.8, 4) is 0 Å². The fraction of sp³-hybridized carbons (Fsp3) is 0.194. The molecule has 6 nitrogen and oxygen atoms in total. The highest BCUT2D eigenvalue weighted by Gasteiger charge is 2.22.